The van der Waals surface area contributed by atoms with E-state index in [0.29, 0.717) is 32.5 Å². The van der Waals surface area contributed by atoms with Crippen molar-refractivity contribution >= 4 is 29.2 Å². The lowest BCUT2D eigenvalue weighted by molar-refractivity contribution is -0.149. The number of rotatable bonds is 5. The van der Waals surface area contributed by atoms with Crippen molar-refractivity contribution in [3.05, 3.63) is 28.8 Å². The molecule has 1 aliphatic heterocycles. The van der Waals surface area contributed by atoms with Gasteiger partial charge in [-0.25, -0.2) is 0 Å². The van der Waals surface area contributed by atoms with Gasteiger partial charge in [-0.15, -0.1) is 0 Å². The summed E-state index contributed by atoms with van der Waals surface area (Å²) in [7, 11) is 0. The Bertz CT molecular complexity index is 689. The molecule has 1 aromatic carbocycles. The fraction of sp³-hybridized carbons (Fsp3) is 0.556. The van der Waals surface area contributed by atoms with Crippen LogP contribution in [0.2, 0.25) is 5.02 Å². The molecule has 0 spiro atoms. The summed E-state index contributed by atoms with van der Waals surface area (Å²) in [5, 5.41) is 2.50. The van der Waals surface area contributed by atoms with E-state index in [1.165, 1.54) is 0 Å². The number of alkyl halides is 3. The van der Waals surface area contributed by atoms with Gasteiger partial charge in [-0.3, -0.25) is 14.5 Å². The van der Waals surface area contributed by atoms with E-state index in [2.05, 4.69) is 5.32 Å². The topological polar surface area (TPSA) is 58.6 Å². The quantitative estimate of drug-likeness (QED) is 0.752. The van der Waals surface area contributed by atoms with Crippen LogP contribution in [0.15, 0.2) is 18.2 Å². The summed E-state index contributed by atoms with van der Waals surface area (Å²) in [6.07, 6.45) is -3.38. The Morgan fingerprint density at radius 2 is 1.96 bits per heavy atom. The number of nitrogens with one attached hydrogen (secondary N) is 1. The SMILES string of the molecule is CCOC(=O)C1CCN([C@@H](C)C(=O)Nc2cc(C(F)(F)F)ccc2Cl)CC1. The number of halogens is 4. The number of hydrogen-bond acceptors (Lipinski definition) is 4. The molecule has 1 saturated heterocycles. The van der Waals surface area contributed by atoms with Gasteiger partial charge in [-0.2, -0.15) is 13.2 Å². The molecular formula is C18H22ClF3N2O3. The first kappa shape index (κ1) is 21.5. The van der Waals surface area contributed by atoms with Gasteiger partial charge < -0.3 is 10.1 Å². The van der Waals surface area contributed by atoms with Crippen LogP contribution in [0.4, 0.5) is 18.9 Å². The highest BCUT2D eigenvalue weighted by Crippen LogP contribution is 2.34. The molecule has 1 heterocycles. The summed E-state index contributed by atoms with van der Waals surface area (Å²) in [6.45, 7) is 4.79. The number of esters is 1. The monoisotopic (exact) mass is 406 g/mol. The lowest BCUT2D eigenvalue weighted by Crippen LogP contribution is -2.47. The summed E-state index contributed by atoms with van der Waals surface area (Å²) in [5.41, 5.74) is -0.963. The fourth-order valence-corrected chi connectivity index (χ4v) is 3.15. The van der Waals surface area contributed by atoms with Gasteiger partial charge in [0.2, 0.25) is 5.91 Å². The van der Waals surface area contributed by atoms with Gasteiger partial charge in [-0.05, 0) is 58.0 Å². The zero-order valence-corrected chi connectivity index (χ0v) is 15.9. The third kappa shape index (κ3) is 5.59. The summed E-state index contributed by atoms with van der Waals surface area (Å²) >= 11 is 5.92. The number of nitrogens with zero attached hydrogens (tertiary/aromatic N) is 1. The molecule has 1 fully saturated rings. The standard InChI is InChI=1S/C18H22ClF3N2O3/c1-3-27-17(26)12-6-8-24(9-7-12)11(2)16(25)23-15-10-13(18(20,21)22)4-5-14(15)19/h4-5,10-12H,3,6-9H2,1-2H3,(H,23,25)/t11-/m0/s1. The number of amides is 1. The Labute approximate surface area is 160 Å². The normalized spacial score (nSPS) is 17.4. The molecule has 9 heteroatoms. The number of piperidine rings is 1. The summed E-state index contributed by atoms with van der Waals surface area (Å²) < 4.78 is 43.5. The van der Waals surface area contributed by atoms with Crippen LogP contribution in [0, 0.1) is 5.92 Å². The molecule has 0 saturated carbocycles. The molecule has 0 aliphatic carbocycles. The maximum atomic E-state index is 12.8. The second kappa shape index (κ2) is 8.93. The maximum absolute atomic E-state index is 12.8. The summed E-state index contributed by atoms with van der Waals surface area (Å²) in [4.78, 5) is 26.1. The van der Waals surface area contributed by atoms with Gasteiger partial charge in [0.15, 0.2) is 0 Å². The van der Waals surface area contributed by atoms with Gasteiger partial charge in [0, 0.05) is 0 Å². The van der Waals surface area contributed by atoms with Crippen molar-refractivity contribution in [1.29, 1.82) is 0 Å². The molecule has 0 bridgehead atoms. The van der Waals surface area contributed by atoms with Gasteiger partial charge >= 0.3 is 12.1 Å². The Kier molecular flexibility index (Phi) is 7.11. The molecule has 1 atom stereocenters. The second-order valence-corrected chi connectivity index (χ2v) is 6.83. The van der Waals surface area contributed by atoms with E-state index in [1.807, 2.05) is 4.90 Å². The predicted molar refractivity (Wildman–Crippen MR) is 95.5 cm³/mol. The largest absolute Gasteiger partial charge is 0.466 e. The van der Waals surface area contributed by atoms with Crippen LogP contribution in [-0.4, -0.2) is 42.5 Å². The van der Waals surface area contributed by atoms with Crippen molar-refractivity contribution in [2.24, 2.45) is 5.92 Å². The average Bonchev–Trinajstić information content (AvgIpc) is 2.62. The highest BCUT2D eigenvalue weighted by molar-refractivity contribution is 6.33. The van der Waals surface area contributed by atoms with Crippen LogP contribution in [0.5, 0.6) is 0 Å². The maximum Gasteiger partial charge on any atom is 0.416 e. The molecule has 1 amide bonds. The van der Waals surface area contributed by atoms with Crippen molar-refractivity contribution in [2.75, 3.05) is 25.0 Å². The summed E-state index contributed by atoms with van der Waals surface area (Å²) in [5.74, 6) is -0.870. The van der Waals surface area contributed by atoms with E-state index in [4.69, 9.17) is 16.3 Å². The number of carbonyl (C=O) groups is 2. The molecule has 0 unspecified atom stereocenters. The summed E-state index contributed by atoms with van der Waals surface area (Å²) in [6, 6.07) is 2.22. The van der Waals surface area contributed by atoms with Gasteiger partial charge in [-0.1, -0.05) is 11.6 Å². The molecular weight excluding hydrogens is 385 g/mol. The van der Waals surface area contributed by atoms with Crippen molar-refractivity contribution in [1.82, 2.24) is 4.90 Å². The lowest BCUT2D eigenvalue weighted by Gasteiger charge is -2.34. The molecule has 1 N–H and O–H groups in total. The van der Waals surface area contributed by atoms with E-state index >= 15 is 0 Å². The zero-order valence-electron chi connectivity index (χ0n) is 15.1. The van der Waals surface area contributed by atoms with Crippen molar-refractivity contribution in [3.63, 3.8) is 0 Å². The Balaban J connectivity index is 1.98. The Morgan fingerprint density at radius 3 is 2.52 bits per heavy atom. The molecule has 1 aliphatic rings. The average molecular weight is 407 g/mol. The third-order valence-corrected chi connectivity index (χ3v) is 4.96. The minimum Gasteiger partial charge on any atom is -0.466 e. The van der Waals surface area contributed by atoms with Gasteiger partial charge in [0.1, 0.15) is 0 Å². The van der Waals surface area contributed by atoms with E-state index in [0.717, 1.165) is 18.2 Å². The number of likely N-dealkylation sites (tertiary alicyclic amines) is 1. The Hall–Kier alpha value is -1.80. The Morgan fingerprint density at radius 1 is 1.33 bits per heavy atom. The first-order valence-corrected chi connectivity index (χ1v) is 9.09. The first-order chi connectivity index (χ1) is 12.6. The first-order valence-electron chi connectivity index (χ1n) is 8.71. The van der Waals surface area contributed by atoms with Crippen molar-refractivity contribution in [2.45, 2.75) is 38.9 Å². The highest BCUT2D eigenvalue weighted by atomic mass is 35.5. The highest BCUT2D eigenvalue weighted by Gasteiger charge is 2.33. The predicted octanol–water partition coefficient (Wildman–Crippen LogP) is 3.96. The number of benzene rings is 1. The van der Waals surface area contributed by atoms with Crippen LogP contribution in [0.3, 0.4) is 0 Å². The van der Waals surface area contributed by atoms with E-state index in [9.17, 15) is 22.8 Å². The second-order valence-electron chi connectivity index (χ2n) is 6.42. The smallest absolute Gasteiger partial charge is 0.416 e. The van der Waals surface area contributed by atoms with E-state index < -0.39 is 23.7 Å². The lowest BCUT2D eigenvalue weighted by atomic mass is 9.96. The number of ether oxygens (including phenoxy) is 1. The van der Waals surface area contributed by atoms with Crippen molar-refractivity contribution in [3.8, 4) is 0 Å². The molecule has 1 aromatic rings. The minimum absolute atomic E-state index is 0.0320. The molecule has 0 aromatic heterocycles. The van der Waals surface area contributed by atoms with Crippen molar-refractivity contribution < 1.29 is 27.5 Å². The molecule has 27 heavy (non-hydrogen) atoms. The molecule has 5 nitrogen and oxygen atoms in total. The van der Waals surface area contributed by atoms with Crippen LogP contribution in [-0.2, 0) is 20.5 Å². The van der Waals surface area contributed by atoms with Crippen LogP contribution in [0.25, 0.3) is 0 Å². The molecule has 2 rings (SSSR count). The minimum atomic E-state index is -4.52. The van der Waals surface area contributed by atoms with E-state index in [-0.39, 0.29) is 22.6 Å². The van der Waals surface area contributed by atoms with Crippen LogP contribution in [0.1, 0.15) is 32.3 Å². The third-order valence-electron chi connectivity index (χ3n) is 4.63. The van der Waals surface area contributed by atoms with Gasteiger partial charge in [0.05, 0.1) is 34.8 Å². The number of anilines is 1. The van der Waals surface area contributed by atoms with E-state index in [1.54, 1.807) is 13.8 Å². The van der Waals surface area contributed by atoms with Crippen LogP contribution < -0.4 is 5.32 Å². The fourth-order valence-electron chi connectivity index (χ4n) is 2.98. The molecule has 150 valence electrons. The number of hydrogen-bond donors (Lipinski definition) is 1. The number of carbonyl (C=O) groups excluding carboxylic acids is 2. The zero-order chi connectivity index (χ0) is 20.2. The molecule has 0 radical (unpaired) electrons. The van der Waals surface area contributed by atoms with Gasteiger partial charge in [0.25, 0.3) is 0 Å². The van der Waals surface area contributed by atoms with Crippen LogP contribution >= 0.6 is 11.6 Å².